The molecule has 7 heteroatoms. The number of hydrogen-bond donors (Lipinski definition) is 1. The summed E-state index contributed by atoms with van der Waals surface area (Å²) in [7, 11) is -0.226. The summed E-state index contributed by atoms with van der Waals surface area (Å²) in [5.41, 5.74) is 0.864. The Morgan fingerprint density at radius 1 is 1.56 bits per heavy atom. The van der Waals surface area contributed by atoms with Crippen LogP contribution in [0.4, 0.5) is 0 Å². The smallest absolute Gasteiger partial charge is 0.281 e. The maximum absolute atomic E-state index is 12.1. The lowest BCUT2D eigenvalue weighted by Crippen LogP contribution is -2.39. The summed E-state index contributed by atoms with van der Waals surface area (Å²) in [5, 5.41) is 6.71. The van der Waals surface area contributed by atoms with Crippen molar-refractivity contribution in [1.82, 2.24) is 18.8 Å². The van der Waals surface area contributed by atoms with Crippen molar-refractivity contribution in [2.24, 2.45) is 0 Å². The first-order valence-electron chi connectivity index (χ1n) is 5.22. The molecule has 0 aromatic carbocycles. The van der Waals surface area contributed by atoms with Crippen molar-refractivity contribution < 1.29 is 8.42 Å². The van der Waals surface area contributed by atoms with Crippen LogP contribution in [-0.2, 0) is 10.2 Å². The number of H-pyrrole nitrogens is 1. The molecule has 6 nitrogen and oxygen atoms in total. The molecule has 16 heavy (non-hydrogen) atoms. The highest BCUT2D eigenvalue weighted by atomic mass is 32.2. The molecular formula is C9H16N4O2S. The van der Waals surface area contributed by atoms with Gasteiger partial charge in [0, 0.05) is 26.8 Å². The summed E-state index contributed by atoms with van der Waals surface area (Å²) in [5.74, 6) is 0. The van der Waals surface area contributed by atoms with Gasteiger partial charge in [-0.15, -0.1) is 0 Å². The third-order valence-corrected chi connectivity index (χ3v) is 4.80. The van der Waals surface area contributed by atoms with Crippen LogP contribution in [0.2, 0.25) is 0 Å². The lowest BCUT2D eigenvalue weighted by molar-refractivity contribution is 0.358. The minimum absolute atomic E-state index is 0.102. The van der Waals surface area contributed by atoms with Crippen molar-refractivity contribution in [3.63, 3.8) is 0 Å². The highest BCUT2D eigenvalue weighted by Crippen LogP contribution is 2.33. The van der Waals surface area contributed by atoms with Crippen molar-refractivity contribution in [2.75, 3.05) is 20.6 Å². The fourth-order valence-electron chi connectivity index (χ4n) is 1.99. The minimum atomic E-state index is -3.33. The lowest BCUT2D eigenvalue weighted by atomic mass is 10.2. The molecule has 90 valence electrons. The van der Waals surface area contributed by atoms with E-state index in [4.69, 9.17) is 0 Å². The van der Waals surface area contributed by atoms with Crippen LogP contribution in [0.25, 0.3) is 0 Å². The molecule has 1 aromatic rings. The first-order valence-corrected chi connectivity index (χ1v) is 6.62. The van der Waals surface area contributed by atoms with E-state index < -0.39 is 10.2 Å². The van der Waals surface area contributed by atoms with Crippen LogP contribution >= 0.6 is 0 Å². The van der Waals surface area contributed by atoms with Gasteiger partial charge in [0.2, 0.25) is 0 Å². The molecule has 0 unspecified atom stereocenters. The quantitative estimate of drug-likeness (QED) is 0.834. The van der Waals surface area contributed by atoms with E-state index in [-0.39, 0.29) is 6.04 Å². The second kappa shape index (κ2) is 4.15. The molecule has 0 amide bonds. The molecule has 0 spiro atoms. The van der Waals surface area contributed by atoms with Gasteiger partial charge in [0.15, 0.2) is 0 Å². The number of aromatic nitrogens is 2. The van der Waals surface area contributed by atoms with Crippen LogP contribution in [0.5, 0.6) is 0 Å². The van der Waals surface area contributed by atoms with Crippen molar-refractivity contribution >= 4 is 10.2 Å². The summed E-state index contributed by atoms with van der Waals surface area (Å²) >= 11 is 0. The molecular weight excluding hydrogens is 228 g/mol. The molecule has 0 radical (unpaired) electrons. The summed E-state index contributed by atoms with van der Waals surface area (Å²) in [6.07, 6.45) is 3.38. The highest BCUT2D eigenvalue weighted by Gasteiger charge is 2.36. The summed E-state index contributed by atoms with van der Waals surface area (Å²) in [6, 6.07) is 1.73. The zero-order valence-electron chi connectivity index (χ0n) is 9.42. The van der Waals surface area contributed by atoms with Crippen LogP contribution in [0.15, 0.2) is 12.3 Å². The molecule has 1 fully saturated rings. The van der Waals surface area contributed by atoms with Crippen molar-refractivity contribution in [1.29, 1.82) is 0 Å². The van der Waals surface area contributed by atoms with Gasteiger partial charge in [-0.3, -0.25) is 5.10 Å². The molecule has 2 heterocycles. The van der Waals surface area contributed by atoms with Gasteiger partial charge in [0.1, 0.15) is 0 Å². The number of nitrogens with zero attached hydrogens (tertiary/aromatic N) is 3. The first kappa shape index (κ1) is 11.6. The standard InChI is InChI=1S/C9H16N4O2S/c1-12(2)16(14,15)13-7-3-4-9(13)8-5-6-10-11-8/h5-6,9H,3-4,7H2,1-2H3,(H,10,11)/t9-/m0/s1. The summed E-state index contributed by atoms with van der Waals surface area (Å²) in [4.78, 5) is 0. The third-order valence-electron chi connectivity index (χ3n) is 2.84. The van der Waals surface area contributed by atoms with Gasteiger partial charge in [-0.05, 0) is 18.9 Å². The number of nitrogens with one attached hydrogen (secondary N) is 1. The topological polar surface area (TPSA) is 69.3 Å². The van der Waals surface area contributed by atoms with Crippen LogP contribution in [-0.4, -0.2) is 47.9 Å². The Bertz CT molecular complexity index is 440. The number of rotatable bonds is 3. The van der Waals surface area contributed by atoms with Crippen LogP contribution < -0.4 is 0 Å². The molecule has 0 bridgehead atoms. The summed E-state index contributed by atoms with van der Waals surface area (Å²) in [6.45, 7) is 0.574. The maximum atomic E-state index is 12.1. The number of aromatic amines is 1. The van der Waals surface area contributed by atoms with E-state index in [1.54, 1.807) is 20.3 Å². The third kappa shape index (κ3) is 1.85. The molecule has 2 rings (SSSR count). The molecule has 1 saturated heterocycles. The Morgan fingerprint density at radius 3 is 2.88 bits per heavy atom. The SMILES string of the molecule is CN(C)S(=O)(=O)N1CCC[C@H]1c1ccn[nH]1. The molecule has 1 aromatic heterocycles. The minimum Gasteiger partial charge on any atom is -0.281 e. The number of hydrogen-bond acceptors (Lipinski definition) is 3. The Morgan fingerprint density at radius 2 is 2.31 bits per heavy atom. The van der Waals surface area contributed by atoms with Gasteiger partial charge >= 0.3 is 0 Å². The average Bonchev–Trinajstić information content (AvgIpc) is 2.88. The maximum Gasteiger partial charge on any atom is 0.282 e. The van der Waals surface area contributed by atoms with E-state index in [0.29, 0.717) is 6.54 Å². The molecule has 1 aliphatic rings. The largest absolute Gasteiger partial charge is 0.282 e. The van der Waals surface area contributed by atoms with Gasteiger partial charge in [-0.25, -0.2) is 0 Å². The van der Waals surface area contributed by atoms with Crippen LogP contribution in [0.1, 0.15) is 24.6 Å². The normalized spacial score (nSPS) is 23.1. The zero-order valence-corrected chi connectivity index (χ0v) is 10.2. The predicted octanol–water partition coefficient (Wildman–Crippen LogP) is 0.353. The Balaban J connectivity index is 2.29. The van der Waals surface area contributed by atoms with Gasteiger partial charge in [0.05, 0.1) is 11.7 Å². The predicted molar refractivity (Wildman–Crippen MR) is 59.9 cm³/mol. The Kier molecular flexibility index (Phi) is 3.00. The van der Waals surface area contributed by atoms with E-state index in [2.05, 4.69) is 10.2 Å². The fraction of sp³-hybridized carbons (Fsp3) is 0.667. The van der Waals surface area contributed by atoms with Crippen molar-refractivity contribution in [2.45, 2.75) is 18.9 Å². The van der Waals surface area contributed by atoms with E-state index in [1.165, 1.54) is 8.61 Å². The molecule has 1 N–H and O–H groups in total. The van der Waals surface area contributed by atoms with E-state index in [1.807, 2.05) is 6.07 Å². The van der Waals surface area contributed by atoms with Gasteiger partial charge in [-0.1, -0.05) is 0 Å². The fourth-order valence-corrected chi connectivity index (χ4v) is 3.31. The second-order valence-electron chi connectivity index (χ2n) is 4.07. The van der Waals surface area contributed by atoms with E-state index >= 15 is 0 Å². The Labute approximate surface area is 95.4 Å². The summed E-state index contributed by atoms with van der Waals surface area (Å²) < 4.78 is 26.9. The molecule has 0 saturated carbocycles. The van der Waals surface area contributed by atoms with Gasteiger partial charge in [-0.2, -0.15) is 22.1 Å². The van der Waals surface area contributed by atoms with Crippen molar-refractivity contribution in [3.8, 4) is 0 Å². The van der Waals surface area contributed by atoms with E-state index in [0.717, 1.165) is 18.5 Å². The highest BCUT2D eigenvalue weighted by molar-refractivity contribution is 7.86. The molecule has 0 aliphatic carbocycles. The van der Waals surface area contributed by atoms with E-state index in [9.17, 15) is 8.42 Å². The first-order chi connectivity index (χ1) is 7.53. The monoisotopic (exact) mass is 244 g/mol. The van der Waals surface area contributed by atoms with Crippen LogP contribution in [0.3, 0.4) is 0 Å². The van der Waals surface area contributed by atoms with Crippen LogP contribution in [0, 0.1) is 0 Å². The zero-order chi connectivity index (χ0) is 11.8. The van der Waals surface area contributed by atoms with Crippen molar-refractivity contribution in [3.05, 3.63) is 18.0 Å². The lowest BCUT2D eigenvalue weighted by Gasteiger charge is -2.26. The Hall–Kier alpha value is -0.920. The average molecular weight is 244 g/mol. The molecule has 1 aliphatic heterocycles. The van der Waals surface area contributed by atoms with Gasteiger partial charge in [0.25, 0.3) is 10.2 Å². The second-order valence-corrected chi connectivity index (χ2v) is 6.17. The van der Waals surface area contributed by atoms with Gasteiger partial charge < -0.3 is 0 Å². The molecule has 1 atom stereocenters.